The van der Waals surface area contributed by atoms with Gasteiger partial charge in [-0.2, -0.15) is 0 Å². The molecule has 1 aliphatic rings. The molecule has 1 aromatic rings. The lowest BCUT2D eigenvalue weighted by molar-refractivity contribution is -0.135. The molecule has 2 amide bonds. The zero-order valence-electron chi connectivity index (χ0n) is 18.5. The summed E-state index contributed by atoms with van der Waals surface area (Å²) in [4.78, 5) is 26.6. The fourth-order valence-corrected chi connectivity index (χ4v) is 3.37. The van der Waals surface area contributed by atoms with Gasteiger partial charge in [0.2, 0.25) is 5.91 Å². The second-order valence-corrected chi connectivity index (χ2v) is 9.37. The molecule has 0 radical (unpaired) electrons. The van der Waals surface area contributed by atoms with Crippen molar-refractivity contribution in [2.45, 2.75) is 77.5 Å². The maximum atomic E-state index is 12.7. The molecule has 0 aromatic heterocycles. The van der Waals surface area contributed by atoms with Gasteiger partial charge < -0.3 is 19.7 Å². The number of hydrogen-bond acceptors (Lipinski definition) is 4. The lowest BCUT2D eigenvalue weighted by Gasteiger charge is -2.35. The number of rotatable bonds is 7. The highest BCUT2D eigenvalue weighted by Crippen LogP contribution is 2.19. The summed E-state index contributed by atoms with van der Waals surface area (Å²) >= 11 is 0. The van der Waals surface area contributed by atoms with Crippen LogP contribution in [0.3, 0.4) is 0 Å². The summed E-state index contributed by atoms with van der Waals surface area (Å²) in [6, 6.07) is 10.3. The first-order valence-corrected chi connectivity index (χ1v) is 10.5. The second kappa shape index (κ2) is 10.1. The van der Waals surface area contributed by atoms with Crippen molar-refractivity contribution >= 4 is 12.0 Å². The minimum absolute atomic E-state index is 0.0498. The van der Waals surface area contributed by atoms with Crippen LogP contribution in [0.1, 0.15) is 59.4 Å². The van der Waals surface area contributed by atoms with Gasteiger partial charge in [-0.3, -0.25) is 4.79 Å². The van der Waals surface area contributed by atoms with Crippen molar-refractivity contribution in [3.05, 3.63) is 35.9 Å². The van der Waals surface area contributed by atoms with E-state index >= 15 is 0 Å². The van der Waals surface area contributed by atoms with Gasteiger partial charge in [0.15, 0.2) is 0 Å². The van der Waals surface area contributed by atoms with Gasteiger partial charge in [0.05, 0.1) is 12.7 Å². The predicted molar refractivity (Wildman–Crippen MR) is 114 cm³/mol. The lowest BCUT2D eigenvalue weighted by Crippen LogP contribution is -2.50. The van der Waals surface area contributed by atoms with E-state index in [-0.39, 0.29) is 18.4 Å². The van der Waals surface area contributed by atoms with Crippen LogP contribution in [0.5, 0.6) is 0 Å². The van der Waals surface area contributed by atoms with Gasteiger partial charge >= 0.3 is 6.09 Å². The molecule has 0 unspecified atom stereocenters. The molecule has 1 aromatic carbocycles. The van der Waals surface area contributed by atoms with E-state index in [2.05, 4.69) is 17.4 Å². The van der Waals surface area contributed by atoms with E-state index < -0.39 is 17.2 Å². The summed E-state index contributed by atoms with van der Waals surface area (Å²) in [7, 11) is 0. The standard InChI is InChI=1S/C23H36N2O4/c1-22(2,3)29-21(27)24-23(4,5)17-20(26)25-14-11-19(12-15-25)28-16-13-18-9-7-6-8-10-18/h6-10,19H,11-17H2,1-5H3,(H,24,27). The van der Waals surface area contributed by atoms with Crippen LogP contribution in [-0.4, -0.2) is 53.8 Å². The van der Waals surface area contributed by atoms with E-state index in [9.17, 15) is 9.59 Å². The Morgan fingerprint density at radius 2 is 1.69 bits per heavy atom. The van der Waals surface area contributed by atoms with E-state index in [1.807, 2.05) is 57.7 Å². The van der Waals surface area contributed by atoms with Crippen molar-refractivity contribution in [3.8, 4) is 0 Å². The van der Waals surface area contributed by atoms with Crippen LogP contribution >= 0.6 is 0 Å². The van der Waals surface area contributed by atoms with Crippen LogP contribution < -0.4 is 5.32 Å². The Labute approximate surface area is 174 Å². The Bertz CT molecular complexity index is 659. The van der Waals surface area contributed by atoms with E-state index in [1.54, 1.807) is 0 Å². The summed E-state index contributed by atoms with van der Waals surface area (Å²) in [5.74, 6) is 0.0498. The summed E-state index contributed by atoms with van der Waals surface area (Å²) in [6.07, 6.45) is 2.55. The Morgan fingerprint density at radius 1 is 1.07 bits per heavy atom. The van der Waals surface area contributed by atoms with Crippen LogP contribution in [-0.2, 0) is 20.7 Å². The van der Waals surface area contributed by atoms with Gasteiger partial charge in [0.25, 0.3) is 0 Å². The summed E-state index contributed by atoms with van der Waals surface area (Å²) in [5, 5.41) is 2.80. The van der Waals surface area contributed by atoms with Crippen LogP contribution in [0.15, 0.2) is 30.3 Å². The molecule has 6 nitrogen and oxygen atoms in total. The van der Waals surface area contributed by atoms with Gasteiger partial charge in [0, 0.05) is 25.0 Å². The average molecular weight is 405 g/mol. The predicted octanol–water partition coefficient (Wildman–Crippen LogP) is 3.93. The van der Waals surface area contributed by atoms with Crippen LogP contribution in [0.25, 0.3) is 0 Å². The molecular weight excluding hydrogens is 368 g/mol. The molecule has 6 heteroatoms. The molecule has 1 N–H and O–H groups in total. The number of piperidine rings is 1. The largest absolute Gasteiger partial charge is 0.444 e. The summed E-state index contributed by atoms with van der Waals surface area (Å²) < 4.78 is 11.3. The summed E-state index contributed by atoms with van der Waals surface area (Å²) in [6.45, 7) is 11.2. The molecule has 0 atom stereocenters. The number of likely N-dealkylation sites (tertiary alicyclic amines) is 1. The zero-order chi connectivity index (χ0) is 21.5. The van der Waals surface area contributed by atoms with Gasteiger partial charge in [-0.05, 0) is 59.4 Å². The van der Waals surface area contributed by atoms with Crippen molar-refractivity contribution in [3.63, 3.8) is 0 Å². The first-order valence-electron chi connectivity index (χ1n) is 10.5. The smallest absolute Gasteiger partial charge is 0.408 e. The Hall–Kier alpha value is -2.08. The normalized spacial score (nSPS) is 15.8. The van der Waals surface area contributed by atoms with Crippen LogP contribution in [0.2, 0.25) is 0 Å². The molecular formula is C23H36N2O4. The molecule has 1 heterocycles. The number of hydrogen-bond donors (Lipinski definition) is 1. The highest BCUT2D eigenvalue weighted by molar-refractivity contribution is 5.78. The monoisotopic (exact) mass is 404 g/mol. The average Bonchev–Trinajstić information content (AvgIpc) is 2.60. The van der Waals surface area contributed by atoms with E-state index in [1.165, 1.54) is 5.56 Å². The SMILES string of the molecule is CC(C)(CC(=O)N1CCC(OCCc2ccccc2)CC1)NC(=O)OC(C)(C)C. The Morgan fingerprint density at radius 3 is 2.28 bits per heavy atom. The fourth-order valence-electron chi connectivity index (χ4n) is 3.37. The maximum absolute atomic E-state index is 12.7. The third-order valence-electron chi connectivity index (χ3n) is 4.81. The molecule has 2 rings (SSSR count). The lowest BCUT2D eigenvalue weighted by atomic mass is 9.98. The zero-order valence-corrected chi connectivity index (χ0v) is 18.5. The number of nitrogens with one attached hydrogen (secondary N) is 1. The molecule has 29 heavy (non-hydrogen) atoms. The van der Waals surface area contributed by atoms with E-state index in [0.29, 0.717) is 19.7 Å². The van der Waals surface area contributed by atoms with Gasteiger partial charge in [-0.25, -0.2) is 4.79 Å². The molecule has 1 fully saturated rings. The fraction of sp³-hybridized carbons (Fsp3) is 0.652. The third kappa shape index (κ3) is 8.86. The number of carbonyl (C=O) groups excluding carboxylic acids is 2. The number of amides is 2. The number of carbonyl (C=O) groups is 2. The minimum atomic E-state index is -0.664. The minimum Gasteiger partial charge on any atom is -0.444 e. The number of benzene rings is 1. The van der Waals surface area contributed by atoms with Crippen molar-refractivity contribution in [2.75, 3.05) is 19.7 Å². The first kappa shape index (κ1) is 23.2. The molecule has 1 aliphatic heterocycles. The quantitative estimate of drug-likeness (QED) is 0.748. The highest BCUT2D eigenvalue weighted by Gasteiger charge is 2.30. The first-order chi connectivity index (χ1) is 13.5. The Kier molecular flexibility index (Phi) is 8.08. The molecule has 162 valence electrons. The molecule has 0 bridgehead atoms. The second-order valence-electron chi connectivity index (χ2n) is 9.37. The maximum Gasteiger partial charge on any atom is 0.408 e. The number of nitrogens with zero attached hydrogens (tertiary/aromatic N) is 1. The summed E-state index contributed by atoms with van der Waals surface area (Å²) in [5.41, 5.74) is 0.0505. The van der Waals surface area contributed by atoms with Crippen LogP contribution in [0, 0.1) is 0 Å². The van der Waals surface area contributed by atoms with Gasteiger partial charge in [0.1, 0.15) is 5.60 Å². The number of alkyl carbamates (subject to hydrolysis) is 1. The molecule has 0 aliphatic carbocycles. The van der Waals surface area contributed by atoms with E-state index in [4.69, 9.17) is 9.47 Å². The van der Waals surface area contributed by atoms with Gasteiger partial charge in [-0.1, -0.05) is 30.3 Å². The molecule has 1 saturated heterocycles. The molecule has 0 spiro atoms. The van der Waals surface area contributed by atoms with Crippen molar-refractivity contribution < 1.29 is 19.1 Å². The Balaban J connectivity index is 1.70. The number of ether oxygens (including phenoxy) is 2. The van der Waals surface area contributed by atoms with E-state index in [0.717, 1.165) is 19.3 Å². The van der Waals surface area contributed by atoms with Crippen LogP contribution in [0.4, 0.5) is 4.79 Å². The van der Waals surface area contributed by atoms with Gasteiger partial charge in [-0.15, -0.1) is 0 Å². The molecule has 0 saturated carbocycles. The van der Waals surface area contributed by atoms with Crippen molar-refractivity contribution in [1.82, 2.24) is 10.2 Å². The van der Waals surface area contributed by atoms with Crippen molar-refractivity contribution in [2.24, 2.45) is 0 Å². The van der Waals surface area contributed by atoms with Crippen molar-refractivity contribution in [1.29, 1.82) is 0 Å². The third-order valence-corrected chi connectivity index (χ3v) is 4.81. The highest BCUT2D eigenvalue weighted by atomic mass is 16.6. The topological polar surface area (TPSA) is 67.9 Å².